The normalized spacial score (nSPS) is 10.9. The summed E-state index contributed by atoms with van der Waals surface area (Å²) < 4.78 is 1.70. The van der Waals surface area contributed by atoms with Gasteiger partial charge in [0.2, 0.25) is 5.43 Å². The van der Waals surface area contributed by atoms with Gasteiger partial charge in [0.1, 0.15) is 0 Å². The second kappa shape index (κ2) is 7.66. The third-order valence-corrected chi connectivity index (χ3v) is 2.89. The number of nitrogens with zero attached hydrogens (tertiary/aromatic N) is 2. The summed E-state index contributed by atoms with van der Waals surface area (Å²) in [6.45, 7) is 1.26. The van der Waals surface area contributed by atoms with Crippen molar-refractivity contribution in [3.63, 3.8) is 0 Å². The molecular weight excluding hydrogens is 264 g/mol. The highest BCUT2D eigenvalue weighted by atomic mass is 16.4. The molecule has 1 heterocycles. The molecule has 0 unspecified atom stereocenters. The monoisotopic (exact) mass is 284 g/mol. The van der Waals surface area contributed by atoms with E-state index in [1.165, 1.54) is 12.3 Å². The number of aryl methyl sites for hydroxylation is 1. The highest BCUT2D eigenvalue weighted by Gasteiger charge is 2.09. The van der Waals surface area contributed by atoms with Gasteiger partial charge in [-0.15, -0.1) is 0 Å². The Morgan fingerprint density at radius 1 is 1.45 bits per heavy atom. The number of carboxylic acids is 1. The van der Waals surface area contributed by atoms with E-state index in [2.05, 4.69) is 0 Å². The first kappa shape index (κ1) is 16.2. The summed E-state index contributed by atoms with van der Waals surface area (Å²) in [5.41, 5.74) is 0.209. The van der Waals surface area contributed by atoms with E-state index < -0.39 is 11.4 Å². The Labute approximate surface area is 116 Å². The van der Waals surface area contributed by atoms with Crippen LogP contribution in [-0.2, 0) is 17.9 Å². The maximum absolute atomic E-state index is 11.5. The number of hydrogen-bond acceptors (Lipinski definition) is 5. The third kappa shape index (κ3) is 5.02. The number of aliphatic hydroxyl groups excluding tert-OH is 1. The van der Waals surface area contributed by atoms with E-state index >= 15 is 0 Å². The first-order valence-electron chi connectivity index (χ1n) is 6.37. The minimum absolute atomic E-state index is 0.0151. The molecule has 0 aliphatic heterocycles. The van der Waals surface area contributed by atoms with E-state index in [9.17, 15) is 14.7 Å². The van der Waals surface area contributed by atoms with Crippen LogP contribution in [0.5, 0.6) is 5.75 Å². The van der Waals surface area contributed by atoms with Crippen LogP contribution in [0.2, 0.25) is 0 Å². The van der Waals surface area contributed by atoms with E-state index in [0.29, 0.717) is 31.7 Å². The van der Waals surface area contributed by atoms with E-state index in [-0.39, 0.29) is 18.8 Å². The van der Waals surface area contributed by atoms with Crippen molar-refractivity contribution in [1.82, 2.24) is 9.47 Å². The molecule has 0 saturated heterocycles. The topological polar surface area (TPSA) is 103 Å². The van der Waals surface area contributed by atoms with Crippen molar-refractivity contribution >= 4 is 5.97 Å². The average Bonchev–Trinajstić information content (AvgIpc) is 2.38. The lowest BCUT2D eigenvalue weighted by molar-refractivity contribution is -0.137. The minimum atomic E-state index is -0.875. The molecule has 7 nitrogen and oxygen atoms in total. The Hall–Kier alpha value is -1.86. The molecule has 1 aromatic heterocycles. The molecule has 0 aromatic carbocycles. The summed E-state index contributed by atoms with van der Waals surface area (Å²) in [5, 5.41) is 26.9. The lowest BCUT2D eigenvalue weighted by atomic mass is 10.2. The Kier molecular flexibility index (Phi) is 6.20. The van der Waals surface area contributed by atoms with Crippen LogP contribution in [-0.4, -0.2) is 51.0 Å². The number of hydrogen-bond donors (Lipinski definition) is 3. The lowest BCUT2D eigenvalue weighted by Gasteiger charge is -2.19. The third-order valence-electron chi connectivity index (χ3n) is 2.89. The fourth-order valence-electron chi connectivity index (χ4n) is 1.83. The largest absolute Gasteiger partial charge is 0.503 e. The van der Waals surface area contributed by atoms with Crippen LogP contribution in [0.3, 0.4) is 0 Å². The zero-order valence-electron chi connectivity index (χ0n) is 11.4. The Balaban J connectivity index is 2.83. The summed E-state index contributed by atoms with van der Waals surface area (Å²) in [7, 11) is 1.76. The number of pyridine rings is 1. The molecule has 0 aliphatic carbocycles. The molecule has 0 amide bonds. The zero-order valence-corrected chi connectivity index (χ0v) is 11.4. The zero-order chi connectivity index (χ0) is 15.1. The minimum Gasteiger partial charge on any atom is -0.503 e. The van der Waals surface area contributed by atoms with Crippen molar-refractivity contribution in [3.8, 4) is 5.75 Å². The maximum atomic E-state index is 11.5. The average molecular weight is 284 g/mol. The number of aliphatic carboxylic acids is 1. The predicted molar refractivity (Wildman–Crippen MR) is 72.7 cm³/mol. The van der Waals surface area contributed by atoms with Gasteiger partial charge in [-0.2, -0.15) is 0 Å². The van der Waals surface area contributed by atoms with Gasteiger partial charge in [0.15, 0.2) is 5.75 Å². The Morgan fingerprint density at radius 2 is 2.15 bits per heavy atom. The standard InChI is InChI=1S/C13H20N2O5/c1-14(5-3-13(19)20)8-10-7-11(17)12(18)9-15(10)4-2-6-16/h7,9,16,18H,2-6,8H2,1H3,(H,19,20). The number of aromatic nitrogens is 1. The number of aromatic hydroxyl groups is 1. The first-order chi connectivity index (χ1) is 9.43. The molecule has 0 bridgehead atoms. The fraction of sp³-hybridized carbons (Fsp3) is 0.538. The van der Waals surface area contributed by atoms with E-state index in [0.717, 1.165) is 0 Å². The van der Waals surface area contributed by atoms with Gasteiger partial charge in [-0.3, -0.25) is 9.59 Å². The van der Waals surface area contributed by atoms with Gasteiger partial charge in [0, 0.05) is 38.0 Å². The van der Waals surface area contributed by atoms with E-state index in [4.69, 9.17) is 10.2 Å². The van der Waals surface area contributed by atoms with Crippen LogP contribution < -0.4 is 5.43 Å². The van der Waals surface area contributed by atoms with E-state index in [1.54, 1.807) is 16.5 Å². The number of carbonyl (C=O) groups is 1. The van der Waals surface area contributed by atoms with Crippen LogP contribution >= 0.6 is 0 Å². The highest BCUT2D eigenvalue weighted by molar-refractivity contribution is 5.66. The first-order valence-corrected chi connectivity index (χ1v) is 6.37. The van der Waals surface area contributed by atoms with Crippen molar-refractivity contribution in [2.24, 2.45) is 0 Å². The van der Waals surface area contributed by atoms with Crippen molar-refractivity contribution in [1.29, 1.82) is 0 Å². The van der Waals surface area contributed by atoms with Crippen LogP contribution in [0.15, 0.2) is 17.1 Å². The smallest absolute Gasteiger partial charge is 0.304 e. The summed E-state index contributed by atoms with van der Waals surface area (Å²) >= 11 is 0. The van der Waals surface area contributed by atoms with Gasteiger partial charge < -0.3 is 24.8 Å². The molecule has 0 fully saturated rings. The van der Waals surface area contributed by atoms with Crippen molar-refractivity contribution in [2.75, 3.05) is 20.2 Å². The van der Waals surface area contributed by atoms with Crippen LogP contribution in [0.25, 0.3) is 0 Å². The van der Waals surface area contributed by atoms with Gasteiger partial charge in [-0.1, -0.05) is 0 Å². The van der Waals surface area contributed by atoms with Crippen LogP contribution in [0.1, 0.15) is 18.5 Å². The number of carboxylic acid groups (broad SMARTS) is 1. The van der Waals surface area contributed by atoms with Crippen molar-refractivity contribution < 1.29 is 20.1 Å². The molecule has 20 heavy (non-hydrogen) atoms. The molecule has 0 radical (unpaired) electrons. The second-order valence-corrected chi connectivity index (χ2v) is 4.67. The highest BCUT2D eigenvalue weighted by Crippen LogP contribution is 2.08. The van der Waals surface area contributed by atoms with Crippen molar-refractivity contribution in [2.45, 2.75) is 25.9 Å². The molecule has 7 heteroatoms. The molecule has 0 saturated carbocycles. The van der Waals surface area contributed by atoms with Crippen LogP contribution in [0.4, 0.5) is 0 Å². The van der Waals surface area contributed by atoms with Crippen molar-refractivity contribution in [3.05, 3.63) is 28.2 Å². The van der Waals surface area contributed by atoms with Gasteiger partial charge in [-0.05, 0) is 13.5 Å². The number of rotatable bonds is 8. The SMILES string of the molecule is CN(CCC(=O)O)Cc1cc(=O)c(O)cn1CCCO. The predicted octanol–water partition coefficient (Wildman–Crippen LogP) is -0.157. The summed E-state index contributed by atoms with van der Waals surface area (Å²) in [6.07, 6.45) is 1.88. The Bertz CT molecular complexity index is 512. The Morgan fingerprint density at radius 3 is 2.75 bits per heavy atom. The lowest BCUT2D eigenvalue weighted by Crippen LogP contribution is -2.25. The van der Waals surface area contributed by atoms with Gasteiger partial charge >= 0.3 is 5.97 Å². The molecule has 1 aromatic rings. The molecular formula is C13H20N2O5. The molecule has 3 N–H and O–H groups in total. The number of aliphatic hydroxyl groups is 1. The van der Waals surface area contributed by atoms with Gasteiger partial charge in [0.25, 0.3) is 0 Å². The molecule has 0 spiro atoms. The maximum Gasteiger partial charge on any atom is 0.304 e. The molecule has 1 rings (SSSR count). The molecule has 0 atom stereocenters. The molecule has 0 aliphatic rings. The fourth-order valence-corrected chi connectivity index (χ4v) is 1.83. The van der Waals surface area contributed by atoms with Gasteiger partial charge in [0.05, 0.1) is 12.6 Å². The summed E-state index contributed by atoms with van der Waals surface area (Å²) in [4.78, 5) is 23.8. The quantitative estimate of drug-likeness (QED) is 0.613. The summed E-state index contributed by atoms with van der Waals surface area (Å²) in [5.74, 6) is -1.21. The van der Waals surface area contributed by atoms with Gasteiger partial charge in [-0.25, -0.2) is 0 Å². The summed E-state index contributed by atoms with van der Waals surface area (Å²) in [6, 6.07) is 1.34. The second-order valence-electron chi connectivity index (χ2n) is 4.67. The molecule has 112 valence electrons. The van der Waals surface area contributed by atoms with E-state index in [1.807, 2.05) is 0 Å². The van der Waals surface area contributed by atoms with Crippen LogP contribution in [0, 0.1) is 0 Å².